The first-order valence-electron chi connectivity index (χ1n) is 6.70. The Labute approximate surface area is 128 Å². The summed E-state index contributed by atoms with van der Waals surface area (Å²) >= 11 is 3.45. The molecule has 0 unspecified atom stereocenters. The standard InChI is InChI=1S/C15H11BrN2O3/c16-8-1-2-10-7-3-9(4-7)18-12(6-19)13(15(20)21)17-14(18)11(10)5-8/h1-2,5-7,9H,3-4H2,(H,20,21). The highest BCUT2D eigenvalue weighted by atomic mass is 79.9. The molecule has 5 rings (SSSR count). The summed E-state index contributed by atoms with van der Waals surface area (Å²) in [5.41, 5.74) is 2.13. The number of rotatable bonds is 2. The van der Waals surface area contributed by atoms with Gasteiger partial charge in [-0.2, -0.15) is 0 Å². The van der Waals surface area contributed by atoms with Gasteiger partial charge in [-0.1, -0.05) is 22.0 Å². The molecule has 0 amide bonds. The van der Waals surface area contributed by atoms with Gasteiger partial charge in [0.05, 0.1) is 0 Å². The molecule has 3 aliphatic rings. The van der Waals surface area contributed by atoms with Crippen LogP contribution in [0.25, 0.3) is 11.4 Å². The number of hydrogen-bond donors (Lipinski definition) is 1. The highest BCUT2D eigenvalue weighted by molar-refractivity contribution is 9.10. The second-order valence-electron chi connectivity index (χ2n) is 5.52. The smallest absolute Gasteiger partial charge is 0.356 e. The van der Waals surface area contributed by atoms with E-state index < -0.39 is 5.97 Å². The Kier molecular flexibility index (Phi) is 2.60. The third-order valence-corrected chi connectivity index (χ3v) is 4.93. The number of benzene rings is 1. The summed E-state index contributed by atoms with van der Waals surface area (Å²) in [4.78, 5) is 27.0. The fraction of sp³-hybridized carbons (Fsp3) is 0.267. The van der Waals surface area contributed by atoms with Gasteiger partial charge in [0, 0.05) is 16.1 Å². The van der Waals surface area contributed by atoms with Crippen molar-refractivity contribution in [3.63, 3.8) is 0 Å². The molecule has 1 aliphatic carbocycles. The van der Waals surface area contributed by atoms with Crippen molar-refractivity contribution in [1.29, 1.82) is 0 Å². The van der Waals surface area contributed by atoms with Crippen molar-refractivity contribution in [3.05, 3.63) is 39.6 Å². The summed E-state index contributed by atoms with van der Waals surface area (Å²) in [5, 5.41) is 9.27. The van der Waals surface area contributed by atoms with Crippen molar-refractivity contribution < 1.29 is 14.7 Å². The van der Waals surface area contributed by atoms with Crippen LogP contribution in [-0.2, 0) is 0 Å². The number of carbonyl (C=O) groups is 2. The van der Waals surface area contributed by atoms with E-state index >= 15 is 0 Å². The first-order chi connectivity index (χ1) is 10.1. The van der Waals surface area contributed by atoms with Crippen LogP contribution >= 0.6 is 15.9 Å². The number of carbonyl (C=O) groups excluding carboxylic acids is 1. The molecule has 0 saturated heterocycles. The molecule has 1 N–H and O–H groups in total. The van der Waals surface area contributed by atoms with Gasteiger partial charge in [0.1, 0.15) is 11.5 Å². The topological polar surface area (TPSA) is 72.2 Å². The van der Waals surface area contributed by atoms with Crippen LogP contribution in [0.1, 0.15) is 51.3 Å². The minimum Gasteiger partial charge on any atom is -0.476 e. The van der Waals surface area contributed by atoms with Gasteiger partial charge < -0.3 is 9.67 Å². The van der Waals surface area contributed by atoms with Crippen LogP contribution in [0.4, 0.5) is 0 Å². The van der Waals surface area contributed by atoms with Gasteiger partial charge in [-0.05, 0) is 36.5 Å². The highest BCUT2D eigenvalue weighted by Crippen LogP contribution is 2.52. The Hall–Kier alpha value is -1.95. The van der Waals surface area contributed by atoms with Gasteiger partial charge in [0.25, 0.3) is 0 Å². The molecular weight excluding hydrogens is 336 g/mol. The lowest BCUT2D eigenvalue weighted by Crippen LogP contribution is -2.24. The summed E-state index contributed by atoms with van der Waals surface area (Å²) in [6.07, 6.45) is 2.46. The number of hydrogen-bond acceptors (Lipinski definition) is 3. The van der Waals surface area contributed by atoms with Crippen molar-refractivity contribution in [3.8, 4) is 11.4 Å². The summed E-state index contributed by atoms with van der Waals surface area (Å²) < 4.78 is 2.73. The summed E-state index contributed by atoms with van der Waals surface area (Å²) in [5.74, 6) is -0.103. The van der Waals surface area contributed by atoms with Crippen molar-refractivity contribution in [2.75, 3.05) is 0 Å². The molecule has 2 aromatic rings. The van der Waals surface area contributed by atoms with Crippen LogP contribution in [0.3, 0.4) is 0 Å². The van der Waals surface area contributed by atoms with E-state index in [1.165, 1.54) is 5.56 Å². The maximum Gasteiger partial charge on any atom is 0.356 e. The van der Waals surface area contributed by atoms with Crippen LogP contribution in [0.15, 0.2) is 22.7 Å². The van der Waals surface area contributed by atoms with E-state index in [1.54, 1.807) is 0 Å². The van der Waals surface area contributed by atoms with Crippen molar-refractivity contribution in [2.45, 2.75) is 24.8 Å². The van der Waals surface area contributed by atoms with Gasteiger partial charge in [0.15, 0.2) is 12.0 Å². The molecular formula is C15H11BrN2O3. The Balaban J connectivity index is 2.07. The SMILES string of the molecule is O=Cc1c(C(=O)O)nc2n1C1CC(C1)c1ccc(Br)cc1-2. The number of aromatic nitrogens is 2. The number of aromatic carboxylic acids is 1. The maximum atomic E-state index is 11.4. The normalized spacial score (nSPS) is 21.8. The minimum atomic E-state index is -1.16. The molecule has 2 bridgehead atoms. The van der Waals surface area contributed by atoms with Crippen LogP contribution in [0.5, 0.6) is 0 Å². The Bertz CT molecular complexity index is 790. The second kappa shape index (κ2) is 4.27. The third kappa shape index (κ3) is 1.65. The van der Waals surface area contributed by atoms with Crippen LogP contribution < -0.4 is 0 Å². The van der Waals surface area contributed by atoms with E-state index in [0.29, 0.717) is 18.0 Å². The average molecular weight is 347 g/mol. The number of imidazole rings is 1. The Morgan fingerprint density at radius 3 is 2.86 bits per heavy atom. The molecule has 1 aromatic carbocycles. The number of halogens is 1. The van der Waals surface area contributed by atoms with Gasteiger partial charge in [-0.15, -0.1) is 0 Å². The first kappa shape index (κ1) is 12.8. The zero-order chi connectivity index (χ0) is 14.7. The van der Waals surface area contributed by atoms with E-state index in [0.717, 1.165) is 22.9 Å². The zero-order valence-corrected chi connectivity index (χ0v) is 12.5. The predicted octanol–water partition coefficient (Wildman–Crippen LogP) is 3.26. The molecule has 1 saturated carbocycles. The van der Waals surface area contributed by atoms with E-state index in [4.69, 9.17) is 0 Å². The lowest BCUT2D eigenvalue weighted by Gasteiger charge is -2.35. The Morgan fingerprint density at radius 2 is 2.19 bits per heavy atom. The highest BCUT2D eigenvalue weighted by Gasteiger charge is 2.41. The van der Waals surface area contributed by atoms with Crippen molar-refractivity contribution >= 4 is 28.2 Å². The molecule has 21 heavy (non-hydrogen) atoms. The Morgan fingerprint density at radius 1 is 1.43 bits per heavy atom. The zero-order valence-electron chi connectivity index (χ0n) is 10.9. The lowest BCUT2D eigenvalue weighted by atomic mass is 9.75. The molecule has 2 aliphatic heterocycles. The van der Waals surface area contributed by atoms with Crippen molar-refractivity contribution in [1.82, 2.24) is 9.55 Å². The maximum absolute atomic E-state index is 11.4. The van der Waals surface area contributed by atoms with E-state index in [1.807, 2.05) is 16.7 Å². The molecule has 0 spiro atoms. The monoisotopic (exact) mass is 346 g/mol. The van der Waals surface area contributed by atoms with Gasteiger partial charge >= 0.3 is 5.97 Å². The van der Waals surface area contributed by atoms with Gasteiger partial charge in [-0.3, -0.25) is 4.79 Å². The fourth-order valence-corrected chi connectivity index (χ4v) is 3.77. The summed E-state index contributed by atoms with van der Waals surface area (Å²) in [7, 11) is 0. The number of nitrogens with zero attached hydrogens (tertiary/aromatic N) is 2. The molecule has 0 atom stereocenters. The van der Waals surface area contributed by atoms with Gasteiger partial charge in [-0.25, -0.2) is 9.78 Å². The molecule has 3 heterocycles. The molecule has 106 valence electrons. The van der Waals surface area contributed by atoms with E-state index in [2.05, 4.69) is 27.0 Å². The predicted molar refractivity (Wildman–Crippen MR) is 78.7 cm³/mol. The lowest BCUT2D eigenvalue weighted by molar-refractivity contribution is 0.0687. The van der Waals surface area contributed by atoms with Crippen LogP contribution in [0.2, 0.25) is 0 Å². The largest absolute Gasteiger partial charge is 0.476 e. The summed E-state index contributed by atoms with van der Waals surface area (Å²) in [6.45, 7) is 0. The van der Waals surface area contributed by atoms with Crippen LogP contribution in [0, 0.1) is 0 Å². The molecule has 5 nitrogen and oxygen atoms in total. The summed E-state index contributed by atoms with van der Waals surface area (Å²) in [6, 6.07) is 6.17. The molecule has 6 heteroatoms. The second-order valence-corrected chi connectivity index (χ2v) is 6.43. The van der Waals surface area contributed by atoms with E-state index in [-0.39, 0.29) is 17.4 Å². The number of carboxylic acid groups (broad SMARTS) is 1. The molecule has 1 aromatic heterocycles. The fourth-order valence-electron chi connectivity index (χ4n) is 3.41. The first-order valence-corrected chi connectivity index (χ1v) is 7.50. The van der Waals surface area contributed by atoms with E-state index in [9.17, 15) is 14.7 Å². The number of carboxylic acids is 1. The number of aldehydes is 1. The quantitative estimate of drug-likeness (QED) is 0.847. The minimum absolute atomic E-state index is 0.156. The average Bonchev–Trinajstić information content (AvgIpc) is 2.67. The molecule has 0 radical (unpaired) electrons. The van der Waals surface area contributed by atoms with Gasteiger partial charge in [0.2, 0.25) is 0 Å². The third-order valence-electron chi connectivity index (χ3n) is 4.44. The van der Waals surface area contributed by atoms with Crippen LogP contribution in [-0.4, -0.2) is 26.9 Å². The molecule has 1 fully saturated rings. The van der Waals surface area contributed by atoms with Crippen molar-refractivity contribution in [2.24, 2.45) is 0 Å².